The summed E-state index contributed by atoms with van der Waals surface area (Å²) >= 11 is 7.69. The summed E-state index contributed by atoms with van der Waals surface area (Å²) < 4.78 is 11.9. The van der Waals surface area contributed by atoms with E-state index in [2.05, 4.69) is 10.3 Å². The molecule has 1 amide bonds. The second-order valence-electron chi connectivity index (χ2n) is 6.19. The predicted molar refractivity (Wildman–Crippen MR) is 111 cm³/mol. The molecule has 0 bridgehead atoms. The van der Waals surface area contributed by atoms with E-state index in [1.807, 2.05) is 13.8 Å². The smallest absolute Gasteiger partial charge is 0.262 e. The monoisotopic (exact) mass is 421 g/mol. The maximum atomic E-state index is 12.7. The van der Waals surface area contributed by atoms with E-state index in [0.29, 0.717) is 27.6 Å². The van der Waals surface area contributed by atoms with Crippen molar-refractivity contribution in [3.05, 3.63) is 44.3 Å². The SMILES string of the molecule is COc1cc(Cl)c(NC(=O)CCn2cnc3sc(C)c(C)c3c2=O)cc1OC. The van der Waals surface area contributed by atoms with Crippen LogP contribution >= 0.6 is 22.9 Å². The van der Waals surface area contributed by atoms with E-state index in [1.165, 1.54) is 36.5 Å². The molecule has 3 rings (SSSR count). The van der Waals surface area contributed by atoms with Crippen molar-refractivity contribution in [3.63, 3.8) is 0 Å². The van der Waals surface area contributed by atoms with Crippen molar-refractivity contribution in [3.8, 4) is 11.5 Å². The Kier molecular flexibility index (Phi) is 5.90. The third-order valence-corrected chi connectivity index (χ3v) is 5.91. The maximum absolute atomic E-state index is 12.7. The third-order valence-electron chi connectivity index (χ3n) is 4.48. The second kappa shape index (κ2) is 8.20. The summed E-state index contributed by atoms with van der Waals surface area (Å²) in [6, 6.07) is 3.16. The molecule has 0 fully saturated rings. The Morgan fingerprint density at radius 2 is 1.93 bits per heavy atom. The number of halogens is 1. The van der Waals surface area contributed by atoms with Crippen LogP contribution in [0.2, 0.25) is 5.02 Å². The van der Waals surface area contributed by atoms with Crippen molar-refractivity contribution in [1.82, 2.24) is 9.55 Å². The van der Waals surface area contributed by atoms with E-state index in [9.17, 15) is 9.59 Å². The van der Waals surface area contributed by atoms with Crippen LogP contribution in [0.1, 0.15) is 16.9 Å². The highest BCUT2D eigenvalue weighted by Gasteiger charge is 2.14. The Balaban J connectivity index is 1.75. The molecule has 0 radical (unpaired) electrons. The number of amides is 1. The first kappa shape index (κ1) is 20.2. The van der Waals surface area contributed by atoms with E-state index >= 15 is 0 Å². The second-order valence-corrected chi connectivity index (χ2v) is 7.80. The Bertz CT molecular complexity index is 1110. The van der Waals surface area contributed by atoms with E-state index in [-0.39, 0.29) is 24.4 Å². The molecule has 0 saturated heterocycles. The first-order valence-electron chi connectivity index (χ1n) is 8.52. The number of thiophene rings is 1. The molecule has 28 heavy (non-hydrogen) atoms. The molecule has 0 aliphatic carbocycles. The van der Waals surface area contributed by atoms with Gasteiger partial charge in [0, 0.05) is 30.0 Å². The zero-order chi connectivity index (χ0) is 20.4. The molecule has 0 aliphatic rings. The van der Waals surface area contributed by atoms with Gasteiger partial charge < -0.3 is 14.8 Å². The molecule has 0 spiro atoms. The number of aryl methyl sites for hydroxylation is 3. The molecule has 2 aromatic heterocycles. The molecule has 0 saturated carbocycles. The lowest BCUT2D eigenvalue weighted by Gasteiger charge is -2.13. The Morgan fingerprint density at radius 1 is 1.25 bits per heavy atom. The minimum absolute atomic E-state index is 0.0972. The molecule has 2 heterocycles. The van der Waals surface area contributed by atoms with Gasteiger partial charge in [-0.15, -0.1) is 11.3 Å². The van der Waals surface area contributed by atoms with E-state index in [4.69, 9.17) is 21.1 Å². The number of hydrogen-bond donors (Lipinski definition) is 1. The number of benzene rings is 1. The number of ether oxygens (including phenoxy) is 2. The van der Waals surface area contributed by atoms with Gasteiger partial charge in [0.1, 0.15) is 4.83 Å². The van der Waals surface area contributed by atoms with E-state index in [0.717, 1.165) is 15.3 Å². The predicted octanol–water partition coefficient (Wildman–Crippen LogP) is 3.77. The number of hydrogen-bond acceptors (Lipinski definition) is 6. The largest absolute Gasteiger partial charge is 0.493 e. The molecular weight excluding hydrogens is 402 g/mol. The Hall–Kier alpha value is -2.58. The maximum Gasteiger partial charge on any atom is 0.262 e. The summed E-state index contributed by atoms with van der Waals surface area (Å²) in [5.41, 5.74) is 1.21. The minimum atomic E-state index is -0.278. The lowest BCUT2D eigenvalue weighted by Crippen LogP contribution is -2.23. The number of carbonyl (C=O) groups excluding carboxylic acids is 1. The molecule has 7 nitrogen and oxygen atoms in total. The van der Waals surface area contributed by atoms with Crippen molar-refractivity contribution < 1.29 is 14.3 Å². The quantitative estimate of drug-likeness (QED) is 0.655. The van der Waals surface area contributed by atoms with Gasteiger partial charge in [0.05, 0.1) is 36.6 Å². The third kappa shape index (κ3) is 3.83. The average Bonchev–Trinajstić information content (AvgIpc) is 2.97. The summed E-state index contributed by atoms with van der Waals surface area (Å²) in [6.45, 7) is 4.09. The van der Waals surface area contributed by atoms with Crippen LogP contribution in [0.5, 0.6) is 11.5 Å². The summed E-state index contributed by atoms with van der Waals surface area (Å²) in [4.78, 5) is 31.2. The molecular formula is C19H20ClN3O4S. The molecule has 148 valence electrons. The molecule has 0 atom stereocenters. The first-order chi connectivity index (χ1) is 13.3. The normalized spacial score (nSPS) is 10.9. The van der Waals surface area contributed by atoms with Crippen molar-refractivity contribution in [2.75, 3.05) is 19.5 Å². The van der Waals surface area contributed by atoms with Crippen LogP contribution in [0.4, 0.5) is 5.69 Å². The molecule has 0 aliphatic heterocycles. The zero-order valence-corrected chi connectivity index (χ0v) is 17.5. The number of nitrogens with one attached hydrogen (secondary N) is 1. The molecule has 1 aromatic carbocycles. The number of aromatic nitrogens is 2. The van der Waals surface area contributed by atoms with Gasteiger partial charge in [-0.25, -0.2) is 4.98 Å². The van der Waals surface area contributed by atoms with Crippen LogP contribution in [0.25, 0.3) is 10.2 Å². The highest BCUT2D eigenvalue weighted by Crippen LogP contribution is 2.36. The van der Waals surface area contributed by atoms with Crippen LogP contribution in [-0.4, -0.2) is 29.7 Å². The van der Waals surface area contributed by atoms with Gasteiger partial charge in [-0.3, -0.25) is 14.2 Å². The number of anilines is 1. The van der Waals surface area contributed by atoms with Crippen LogP contribution < -0.4 is 20.3 Å². The van der Waals surface area contributed by atoms with Crippen LogP contribution in [0.3, 0.4) is 0 Å². The molecule has 0 unspecified atom stereocenters. The van der Waals surface area contributed by atoms with Crippen molar-refractivity contribution in [1.29, 1.82) is 0 Å². The standard InChI is InChI=1S/C19H20ClN3O4S/c1-10-11(2)28-18-17(10)19(25)23(9-21-18)6-5-16(24)22-13-8-15(27-4)14(26-3)7-12(13)20/h7-9H,5-6H2,1-4H3,(H,22,24). The zero-order valence-electron chi connectivity index (χ0n) is 16.0. The van der Waals surface area contributed by atoms with Gasteiger partial charge in [-0.05, 0) is 19.4 Å². The van der Waals surface area contributed by atoms with Crippen molar-refractivity contribution in [2.45, 2.75) is 26.8 Å². The minimum Gasteiger partial charge on any atom is -0.493 e. The number of fused-ring (bicyclic) bond motifs is 1. The van der Waals surface area contributed by atoms with Gasteiger partial charge in [-0.1, -0.05) is 11.6 Å². The molecule has 9 heteroatoms. The van der Waals surface area contributed by atoms with Gasteiger partial charge in [0.25, 0.3) is 5.56 Å². The van der Waals surface area contributed by atoms with E-state index in [1.54, 1.807) is 12.1 Å². The van der Waals surface area contributed by atoms with Gasteiger partial charge in [0.2, 0.25) is 5.91 Å². The molecule has 1 N–H and O–H groups in total. The van der Waals surface area contributed by atoms with Crippen LogP contribution in [-0.2, 0) is 11.3 Å². The number of methoxy groups -OCH3 is 2. The summed E-state index contributed by atoms with van der Waals surface area (Å²) in [7, 11) is 3.01. The van der Waals surface area contributed by atoms with Crippen molar-refractivity contribution in [2.24, 2.45) is 0 Å². The number of rotatable bonds is 6. The summed E-state index contributed by atoms with van der Waals surface area (Å²) in [6.07, 6.45) is 1.58. The van der Waals surface area contributed by atoms with Gasteiger partial charge in [0.15, 0.2) is 11.5 Å². The van der Waals surface area contributed by atoms with Crippen LogP contribution in [0.15, 0.2) is 23.3 Å². The molecule has 3 aromatic rings. The van der Waals surface area contributed by atoms with E-state index < -0.39 is 0 Å². The lowest BCUT2D eigenvalue weighted by atomic mass is 10.2. The topological polar surface area (TPSA) is 82.5 Å². The Morgan fingerprint density at radius 3 is 2.61 bits per heavy atom. The lowest BCUT2D eigenvalue weighted by molar-refractivity contribution is -0.116. The van der Waals surface area contributed by atoms with Crippen LogP contribution in [0, 0.1) is 13.8 Å². The highest BCUT2D eigenvalue weighted by atomic mass is 35.5. The number of nitrogens with zero attached hydrogens (tertiary/aromatic N) is 2. The average molecular weight is 422 g/mol. The fourth-order valence-electron chi connectivity index (χ4n) is 2.81. The summed E-state index contributed by atoms with van der Waals surface area (Å²) in [5.74, 6) is 0.647. The van der Waals surface area contributed by atoms with Crippen molar-refractivity contribution >= 4 is 44.7 Å². The van der Waals surface area contributed by atoms with Gasteiger partial charge >= 0.3 is 0 Å². The summed E-state index contributed by atoms with van der Waals surface area (Å²) in [5, 5.41) is 3.69. The highest BCUT2D eigenvalue weighted by molar-refractivity contribution is 7.18. The number of carbonyl (C=O) groups is 1. The van der Waals surface area contributed by atoms with Gasteiger partial charge in [-0.2, -0.15) is 0 Å². The Labute approximate surface area is 170 Å². The first-order valence-corrected chi connectivity index (χ1v) is 9.71. The fraction of sp³-hybridized carbons (Fsp3) is 0.316. The fourth-order valence-corrected chi connectivity index (χ4v) is 4.00.